The average Bonchev–Trinajstić information content (AvgIpc) is 2.84. The predicted molar refractivity (Wildman–Crippen MR) is 143 cm³/mol. The Kier molecular flexibility index (Phi) is 7.48. The molecule has 0 unspecified atom stereocenters. The van der Waals surface area contributed by atoms with Gasteiger partial charge < -0.3 is 5.32 Å². The molecule has 0 radical (unpaired) electrons. The number of anilines is 3. The molecule has 1 amide bonds. The van der Waals surface area contributed by atoms with E-state index in [4.69, 9.17) is 11.6 Å². The van der Waals surface area contributed by atoms with Crippen molar-refractivity contribution in [3.63, 3.8) is 0 Å². The topological polar surface area (TPSA) is 134 Å². The number of sulfonamides is 2. The highest BCUT2D eigenvalue weighted by Gasteiger charge is 2.21. The molecule has 0 bridgehead atoms. The molecule has 0 aliphatic carbocycles. The van der Waals surface area contributed by atoms with Gasteiger partial charge in [0.25, 0.3) is 26.0 Å². The van der Waals surface area contributed by atoms with E-state index in [2.05, 4.69) is 19.7 Å². The Morgan fingerprint density at radius 3 is 2.16 bits per heavy atom. The zero-order valence-electron chi connectivity index (χ0n) is 19.3. The summed E-state index contributed by atoms with van der Waals surface area (Å²) < 4.78 is 55.9. The van der Waals surface area contributed by atoms with E-state index in [1.54, 1.807) is 30.3 Å². The number of benzene rings is 3. The van der Waals surface area contributed by atoms with Crippen molar-refractivity contribution in [2.24, 2.45) is 0 Å². The van der Waals surface area contributed by atoms with Crippen LogP contribution in [0.3, 0.4) is 0 Å². The molecule has 0 saturated heterocycles. The van der Waals surface area contributed by atoms with Crippen LogP contribution in [-0.4, -0.2) is 27.7 Å². The number of aromatic nitrogens is 1. The van der Waals surface area contributed by atoms with Crippen LogP contribution in [0, 0.1) is 6.92 Å². The van der Waals surface area contributed by atoms with E-state index in [1.807, 2.05) is 13.0 Å². The fourth-order valence-corrected chi connectivity index (χ4v) is 5.95. The molecule has 1 heterocycles. The fraction of sp³-hybridized carbons (Fsp3) is 0.0400. The Morgan fingerprint density at radius 1 is 0.784 bits per heavy atom. The van der Waals surface area contributed by atoms with Crippen LogP contribution in [0.4, 0.5) is 17.1 Å². The van der Waals surface area contributed by atoms with E-state index >= 15 is 0 Å². The number of rotatable bonds is 8. The number of carbonyl (C=O) groups excluding carboxylic acids is 1. The lowest BCUT2D eigenvalue weighted by Crippen LogP contribution is -2.17. The summed E-state index contributed by atoms with van der Waals surface area (Å²) in [6, 6.07) is 19.4. The van der Waals surface area contributed by atoms with Crippen molar-refractivity contribution < 1.29 is 21.6 Å². The lowest BCUT2D eigenvalue weighted by Gasteiger charge is -2.12. The molecule has 4 aromatic rings. The van der Waals surface area contributed by atoms with Crippen molar-refractivity contribution in [3.8, 4) is 0 Å². The second-order valence-corrected chi connectivity index (χ2v) is 11.7. The van der Waals surface area contributed by atoms with Crippen LogP contribution < -0.4 is 14.8 Å². The van der Waals surface area contributed by atoms with Crippen molar-refractivity contribution in [2.75, 3.05) is 14.8 Å². The second kappa shape index (κ2) is 10.6. The Labute approximate surface area is 219 Å². The zero-order valence-corrected chi connectivity index (χ0v) is 21.7. The molecule has 0 spiro atoms. The van der Waals surface area contributed by atoms with Gasteiger partial charge in [-0.3, -0.25) is 19.2 Å². The van der Waals surface area contributed by atoms with Crippen molar-refractivity contribution in [1.82, 2.24) is 4.98 Å². The Balaban J connectivity index is 1.50. The summed E-state index contributed by atoms with van der Waals surface area (Å²) in [5.41, 5.74) is 1.89. The SMILES string of the molecule is Cc1cccc(NS(=O)(=O)c2cc(C(=O)Nc3ccc(S(=O)(=O)Nc4cccnc4)cc3)ccc2Cl)c1. The molecule has 0 atom stereocenters. The van der Waals surface area contributed by atoms with Crippen molar-refractivity contribution in [2.45, 2.75) is 16.7 Å². The third-order valence-electron chi connectivity index (χ3n) is 5.09. The van der Waals surface area contributed by atoms with Crippen molar-refractivity contribution in [3.05, 3.63) is 107 Å². The molecular formula is C25H21ClN4O5S2. The molecule has 0 fully saturated rings. The molecule has 12 heteroatoms. The summed E-state index contributed by atoms with van der Waals surface area (Å²) in [7, 11) is -7.93. The molecule has 4 rings (SSSR count). The summed E-state index contributed by atoms with van der Waals surface area (Å²) in [6.07, 6.45) is 2.90. The van der Waals surface area contributed by atoms with E-state index < -0.39 is 26.0 Å². The van der Waals surface area contributed by atoms with Gasteiger partial charge in [-0.25, -0.2) is 16.8 Å². The number of aryl methyl sites for hydroxylation is 1. The number of amides is 1. The first-order chi connectivity index (χ1) is 17.5. The van der Waals surface area contributed by atoms with Crippen LogP contribution in [0.5, 0.6) is 0 Å². The summed E-state index contributed by atoms with van der Waals surface area (Å²) in [4.78, 5) is 16.4. The predicted octanol–water partition coefficient (Wildman–Crippen LogP) is 4.90. The Hall–Kier alpha value is -3.93. The maximum Gasteiger partial charge on any atom is 0.263 e. The largest absolute Gasteiger partial charge is 0.322 e. The minimum Gasteiger partial charge on any atom is -0.322 e. The molecular weight excluding hydrogens is 536 g/mol. The lowest BCUT2D eigenvalue weighted by molar-refractivity contribution is 0.102. The van der Waals surface area contributed by atoms with Gasteiger partial charge in [0.1, 0.15) is 4.90 Å². The second-order valence-electron chi connectivity index (χ2n) is 7.95. The molecule has 190 valence electrons. The van der Waals surface area contributed by atoms with Gasteiger partial charge in [-0.15, -0.1) is 0 Å². The zero-order chi connectivity index (χ0) is 26.6. The van der Waals surface area contributed by atoms with Gasteiger partial charge in [-0.2, -0.15) is 0 Å². The van der Waals surface area contributed by atoms with Crippen LogP contribution in [-0.2, 0) is 20.0 Å². The Bertz CT molecular complexity index is 1660. The summed E-state index contributed by atoms with van der Waals surface area (Å²) in [5, 5.41) is 2.57. The van der Waals surface area contributed by atoms with Crippen LogP contribution in [0.1, 0.15) is 15.9 Å². The standard InChI is InChI=1S/C25H21ClN4O5S2/c1-17-4-2-5-20(14-17)29-37(34,35)24-15-18(7-12-23(24)26)25(31)28-19-8-10-22(11-9-19)36(32,33)30-21-6-3-13-27-16-21/h2-16,29-30H,1H3,(H,28,31). The first-order valence-corrected chi connectivity index (χ1v) is 14.1. The van der Waals surface area contributed by atoms with Crippen LogP contribution in [0.25, 0.3) is 0 Å². The minimum absolute atomic E-state index is 0.0172. The van der Waals surface area contributed by atoms with E-state index in [-0.39, 0.29) is 20.4 Å². The van der Waals surface area contributed by atoms with Gasteiger partial charge in [0.2, 0.25) is 0 Å². The van der Waals surface area contributed by atoms with E-state index in [0.29, 0.717) is 17.1 Å². The first kappa shape index (κ1) is 26.1. The number of hydrogen-bond acceptors (Lipinski definition) is 6. The van der Waals surface area contributed by atoms with Gasteiger partial charge in [-0.1, -0.05) is 23.7 Å². The van der Waals surface area contributed by atoms with E-state index in [0.717, 1.165) is 5.56 Å². The first-order valence-electron chi connectivity index (χ1n) is 10.8. The Morgan fingerprint density at radius 2 is 1.49 bits per heavy atom. The highest BCUT2D eigenvalue weighted by Crippen LogP contribution is 2.26. The molecule has 3 N–H and O–H groups in total. The minimum atomic E-state index is -4.08. The quantitative estimate of drug-likeness (QED) is 0.283. The smallest absolute Gasteiger partial charge is 0.263 e. The molecule has 3 aromatic carbocycles. The molecule has 37 heavy (non-hydrogen) atoms. The van der Waals surface area contributed by atoms with Gasteiger partial charge in [0, 0.05) is 23.1 Å². The van der Waals surface area contributed by atoms with Crippen LogP contribution in [0.2, 0.25) is 5.02 Å². The monoisotopic (exact) mass is 556 g/mol. The van der Waals surface area contributed by atoms with E-state index in [1.165, 1.54) is 54.9 Å². The van der Waals surface area contributed by atoms with Crippen molar-refractivity contribution >= 4 is 54.6 Å². The third kappa shape index (κ3) is 6.45. The molecule has 0 aliphatic rings. The van der Waals surface area contributed by atoms with Gasteiger partial charge in [-0.05, 0) is 79.2 Å². The average molecular weight is 557 g/mol. The number of pyridine rings is 1. The highest BCUT2D eigenvalue weighted by atomic mass is 35.5. The number of nitrogens with one attached hydrogen (secondary N) is 3. The fourth-order valence-electron chi connectivity index (χ4n) is 3.33. The molecule has 0 aliphatic heterocycles. The number of carbonyl (C=O) groups is 1. The third-order valence-corrected chi connectivity index (χ3v) is 8.35. The van der Waals surface area contributed by atoms with Gasteiger partial charge in [0.05, 0.1) is 21.8 Å². The molecule has 0 saturated carbocycles. The molecule has 1 aromatic heterocycles. The highest BCUT2D eigenvalue weighted by molar-refractivity contribution is 7.93. The maximum atomic E-state index is 12.9. The van der Waals surface area contributed by atoms with Gasteiger partial charge >= 0.3 is 0 Å². The summed E-state index contributed by atoms with van der Waals surface area (Å²) >= 11 is 6.14. The number of hydrogen-bond donors (Lipinski definition) is 3. The number of nitrogens with zero attached hydrogens (tertiary/aromatic N) is 1. The van der Waals surface area contributed by atoms with E-state index in [9.17, 15) is 21.6 Å². The maximum absolute atomic E-state index is 12.9. The summed E-state index contributed by atoms with van der Waals surface area (Å²) in [6.45, 7) is 1.83. The lowest BCUT2D eigenvalue weighted by atomic mass is 10.2. The summed E-state index contributed by atoms with van der Waals surface area (Å²) in [5.74, 6) is -0.604. The van der Waals surface area contributed by atoms with Crippen LogP contribution >= 0.6 is 11.6 Å². The number of halogens is 1. The van der Waals surface area contributed by atoms with Gasteiger partial charge in [0.15, 0.2) is 0 Å². The normalized spacial score (nSPS) is 11.5. The van der Waals surface area contributed by atoms with Crippen molar-refractivity contribution in [1.29, 1.82) is 0 Å². The molecule has 9 nitrogen and oxygen atoms in total. The van der Waals surface area contributed by atoms with Crippen LogP contribution in [0.15, 0.2) is 101 Å².